The summed E-state index contributed by atoms with van der Waals surface area (Å²) in [7, 11) is 0. The van der Waals surface area contributed by atoms with E-state index in [0.29, 0.717) is 0 Å². The fourth-order valence-electron chi connectivity index (χ4n) is 8.46. The van der Waals surface area contributed by atoms with Crippen LogP contribution in [-0.2, 0) is 0 Å². The molecule has 0 amide bonds. The molecule has 2 heteroatoms. The van der Waals surface area contributed by atoms with Crippen molar-refractivity contribution in [2.75, 3.05) is 4.90 Å². The molecule has 0 aliphatic carbocycles. The molecule has 1 aromatic heterocycles. The predicted octanol–water partition coefficient (Wildman–Crippen LogP) is 15.5. The van der Waals surface area contributed by atoms with Crippen LogP contribution in [0.3, 0.4) is 0 Å². The van der Waals surface area contributed by atoms with E-state index in [1.54, 1.807) is 0 Å². The smallest absolute Gasteiger partial charge is 0.0468 e. The standard InChI is InChI=1S/C52H33NS/c1-3-13-41-34(10-1)12-9-18-42(41)36-20-25-38(26-21-36)53(40-29-31-52-50(32-40)47-17-7-8-19-51(47)54-52)39-27-22-37(23-28-39)48-33-49-43-14-4-2-11-35(43)24-30-46(49)44-15-5-6-16-45(44)48/h1-33H. The van der Waals surface area contributed by atoms with Gasteiger partial charge in [-0.3, -0.25) is 0 Å². The van der Waals surface area contributed by atoms with Gasteiger partial charge in [0.25, 0.3) is 0 Å². The monoisotopic (exact) mass is 703 g/mol. The zero-order valence-electron chi connectivity index (χ0n) is 29.4. The van der Waals surface area contributed by atoms with Gasteiger partial charge in [0.15, 0.2) is 0 Å². The van der Waals surface area contributed by atoms with E-state index in [9.17, 15) is 0 Å². The van der Waals surface area contributed by atoms with E-state index in [-0.39, 0.29) is 0 Å². The molecule has 0 aliphatic heterocycles. The van der Waals surface area contributed by atoms with Crippen LogP contribution < -0.4 is 4.90 Å². The lowest BCUT2D eigenvalue weighted by molar-refractivity contribution is 1.29. The van der Waals surface area contributed by atoms with Crippen LogP contribution in [0.5, 0.6) is 0 Å². The average molecular weight is 704 g/mol. The summed E-state index contributed by atoms with van der Waals surface area (Å²) in [5.41, 5.74) is 8.28. The second-order valence-electron chi connectivity index (χ2n) is 14.1. The normalized spacial score (nSPS) is 11.7. The third kappa shape index (κ3) is 4.99. The van der Waals surface area contributed by atoms with Gasteiger partial charge < -0.3 is 4.90 Å². The molecular weight excluding hydrogens is 671 g/mol. The highest BCUT2D eigenvalue weighted by molar-refractivity contribution is 7.25. The van der Waals surface area contributed by atoms with Gasteiger partial charge >= 0.3 is 0 Å². The first-order valence-electron chi connectivity index (χ1n) is 18.5. The Hall–Kier alpha value is -6.74. The molecule has 0 N–H and O–H groups in total. The SMILES string of the molecule is c1ccc2c(-c3ccc(N(c4ccc(-c5cc6c7ccccc7ccc6c6ccccc56)cc4)c4ccc5sc6ccccc6c5c4)cc3)cccc2c1. The molecular formula is C52H33NS. The van der Waals surface area contributed by atoms with Gasteiger partial charge in [0.2, 0.25) is 0 Å². The predicted molar refractivity (Wildman–Crippen MR) is 235 cm³/mol. The highest BCUT2D eigenvalue weighted by Crippen LogP contribution is 2.43. The molecule has 0 saturated heterocycles. The van der Waals surface area contributed by atoms with Crippen LogP contribution in [0.1, 0.15) is 0 Å². The molecule has 0 radical (unpaired) electrons. The molecule has 0 unspecified atom stereocenters. The zero-order valence-corrected chi connectivity index (χ0v) is 30.2. The van der Waals surface area contributed by atoms with Crippen molar-refractivity contribution in [1.29, 1.82) is 0 Å². The largest absolute Gasteiger partial charge is 0.310 e. The summed E-state index contributed by atoms with van der Waals surface area (Å²) in [4.78, 5) is 2.40. The molecule has 10 aromatic carbocycles. The molecule has 0 saturated carbocycles. The number of nitrogens with zero attached hydrogens (tertiary/aromatic N) is 1. The first kappa shape index (κ1) is 30.8. The van der Waals surface area contributed by atoms with Crippen molar-refractivity contribution in [3.8, 4) is 22.3 Å². The molecule has 0 bridgehead atoms. The summed E-state index contributed by atoms with van der Waals surface area (Å²) in [5, 5.41) is 12.8. The Labute approximate surface area is 317 Å². The van der Waals surface area contributed by atoms with Crippen LogP contribution in [0.15, 0.2) is 200 Å². The summed E-state index contributed by atoms with van der Waals surface area (Å²) in [6, 6.07) is 73.6. The number of hydrogen-bond donors (Lipinski definition) is 0. The molecule has 1 nitrogen and oxygen atoms in total. The van der Waals surface area contributed by atoms with Crippen molar-refractivity contribution >= 4 is 91.7 Å². The number of anilines is 3. The van der Waals surface area contributed by atoms with Crippen molar-refractivity contribution in [2.24, 2.45) is 0 Å². The molecule has 11 aromatic rings. The van der Waals surface area contributed by atoms with Crippen molar-refractivity contribution in [3.05, 3.63) is 200 Å². The highest BCUT2D eigenvalue weighted by Gasteiger charge is 2.17. The van der Waals surface area contributed by atoms with E-state index in [4.69, 9.17) is 0 Å². The van der Waals surface area contributed by atoms with E-state index >= 15 is 0 Å². The zero-order chi connectivity index (χ0) is 35.6. The summed E-state index contributed by atoms with van der Waals surface area (Å²) in [5.74, 6) is 0. The average Bonchev–Trinajstić information content (AvgIpc) is 3.62. The van der Waals surface area contributed by atoms with Crippen LogP contribution >= 0.6 is 11.3 Å². The summed E-state index contributed by atoms with van der Waals surface area (Å²) in [6.45, 7) is 0. The number of thiophene rings is 1. The summed E-state index contributed by atoms with van der Waals surface area (Å²) in [6.07, 6.45) is 0. The molecule has 1 heterocycles. The Morgan fingerprint density at radius 2 is 0.815 bits per heavy atom. The van der Waals surface area contributed by atoms with Gasteiger partial charge in [-0.15, -0.1) is 11.3 Å². The minimum Gasteiger partial charge on any atom is -0.310 e. The molecule has 11 rings (SSSR count). The van der Waals surface area contributed by atoms with Gasteiger partial charge in [0.1, 0.15) is 0 Å². The van der Waals surface area contributed by atoms with Gasteiger partial charge in [-0.2, -0.15) is 0 Å². The first-order valence-corrected chi connectivity index (χ1v) is 19.3. The molecule has 0 atom stereocenters. The number of benzene rings is 10. The Morgan fingerprint density at radius 3 is 1.57 bits per heavy atom. The third-order valence-electron chi connectivity index (χ3n) is 11.0. The lowest BCUT2D eigenvalue weighted by Crippen LogP contribution is -2.09. The maximum atomic E-state index is 2.40. The quantitative estimate of drug-likeness (QED) is 0.161. The van der Waals surface area contributed by atoms with E-state index in [0.717, 1.165) is 17.1 Å². The second-order valence-corrected chi connectivity index (χ2v) is 15.2. The van der Waals surface area contributed by atoms with Crippen molar-refractivity contribution in [2.45, 2.75) is 0 Å². The van der Waals surface area contributed by atoms with Crippen molar-refractivity contribution in [3.63, 3.8) is 0 Å². The van der Waals surface area contributed by atoms with Gasteiger partial charge in [-0.1, -0.05) is 146 Å². The Bertz CT molecular complexity index is 3200. The van der Waals surface area contributed by atoms with Crippen molar-refractivity contribution in [1.82, 2.24) is 0 Å². The van der Waals surface area contributed by atoms with Crippen LogP contribution in [0.4, 0.5) is 17.1 Å². The molecule has 0 aliphatic rings. The molecule has 54 heavy (non-hydrogen) atoms. The van der Waals surface area contributed by atoms with E-state index in [1.165, 1.54) is 85.5 Å². The van der Waals surface area contributed by atoms with Crippen LogP contribution in [-0.4, -0.2) is 0 Å². The topological polar surface area (TPSA) is 3.24 Å². The number of hydrogen-bond acceptors (Lipinski definition) is 2. The third-order valence-corrected chi connectivity index (χ3v) is 12.2. The van der Waals surface area contributed by atoms with E-state index in [2.05, 4.69) is 205 Å². The fraction of sp³-hybridized carbons (Fsp3) is 0. The van der Waals surface area contributed by atoms with E-state index < -0.39 is 0 Å². The van der Waals surface area contributed by atoms with Crippen LogP contribution in [0.2, 0.25) is 0 Å². The molecule has 252 valence electrons. The maximum Gasteiger partial charge on any atom is 0.0468 e. The number of fused-ring (bicyclic) bond motifs is 9. The lowest BCUT2D eigenvalue weighted by atomic mass is 9.91. The first-order chi connectivity index (χ1) is 26.8. The van der Waals surface area contributed by atoms with Crippen LogP contribution in [0, 0.1) is 0 Å². The molecule has 0 spiro atoms. The van der Waals surface area contributed by atoms with E-state index in [1.807, 2.05) is 11.3 Å². The minimum absolute atomic E-state index is 1.12. The highest BCUT2D eigenvalue weighted by atomic mass is 32.1. The lowest BCUT2D eigenvalue weighted by Gasteiger charge is -2.26. The van der Waals surface area contributed by atoms with Gasteiger partial charge in [-0.25, -0.2) is 0 Å². The Morgan fingerprint density at radius 1 is 0.278 bits per heavy atom. The Kier molecular flexibility index (Phi) is 7.11. The van der Waals surface area contributed by atoms with Gasteiger partial charge in [0, 0.05) is 37.2 Å². The summed E-state index contributed by atoms with van der Waals surface area (Å²) >= 11 is 1.86. The number of rotatable bonds is 5. The fourth-order valence-corrected chi connectivity index (χ4v) is 9.54. The Balaban J connectivity index is 1.06. The summed E-state index contributed by atoms with van der Waals surface area (Å²) < 4.78 is 2.62. The molecule has 0 fully saturated rings. The van der Waals surface area contributed by atoms with Gasteiger partial charge in [-0.05, 0) is 120 Å². The maximum absolute atomic E-state index is 2.40. The van der Waals surface area contributed by atoms with Gasteiger partial charge in [0.05, 0.1) is 0 Å². The van der Waals surface area contributed by atoms with Crippen LogP contribution in [0.25, 0.3) is 85.5 Å². The second kappa shape index (κ2) is 12.4. The minimum atomic E-state index is 1.12. The van der Waals surface area contributed by atoms with Crippen molar-refractivity contribution < 1.29 is 0 Å².